The Morgan fingerprint density at radius 2 is 1.57 bits per heavy atom. The molecule has 0 aromatic heterocycles. The molecule has 2 rings (SSSR count). The minimum Gasteiger partial charge on any atom is -0.324 e. The monoisotopic (exact) mass is 333 g/mol. The number of carbonyl (C=O) groups is 1. The molecule has 23 heavy (non-hydrogen) atoms. The molecule has 5 nitrogen and oxygen atoms in total. The van der Waals surface area contributed by atoms with Crippen LogP contribution < -0.4 is 5.32 Å². The van der Waals surface area contributed by atoms with E-state index in [9.17, 15) is 13.2 Å². The third-order valence-electron chi connectivity index (χ3n) is 3.40. The van der Waals surface area contributed by atoms with Crippen molar-refractivity contribution >= 4 is 21.7 Å². The molecule has 1 N–H and O–H groups in total. The van der Waals surface area contributed by atoms with E-state index >= 15 is 0 Å². The number of hydrogen-bond donors (Lipinski definition) is 1. The summed E-state index contributed by atoms with van der Waals surface area (Å²) in [7, 11) is -3.95. The van der Waals surface area contributed by atoms with Gasteiger partial charge in [0.1, 0.15) is 6.61 Å². The first-order chi connectivity index (χ1) is 10.8. The fourth-order valence-electron chi connectivity index (χ4n) is 2.09. The van der Waals surface area contributed by atoms with Gasteiger partial charge >= 0.3 is 0 Å². The molecular formula is C17H19NO4S. The van der Waals surface area contributed by atoms with Crippen molar-refractivity contribution in [1.29, 1.82) is 0 Å². The fraction of sp³-hybridized carbons (Fsp3) is 0.235. The lowest BCUT2D eigenvalue weighted by Crippen LogP contribution is -2.22. The second-order valence-electron chi connectivity index (χ2n) is 5.34. The quantitative estimate of drug-likeness (QED) is 0.854. The molecule has 0 unspecified atom stereocenters. The van der Waals surface area contributed by atoms with Gasteiger partial charge < -0.3 is 5.32 Å². The van der Waals surface area contributed by atoms with Crippen molar-refractivity contribution in [2.24, 2.45) is 0 Å². The Balaban J connectivity index is 2.03. The third-order valence-corrected chi connectivity index (χ3v) is 4.68. The van der Waals surface area contributed by atoms with E-state index in [1.165, 1.54) is 12.1 Å². The second-order valence-corrected chi connectivity index (χ2v) is 6.96. The Morgan fingerprint density at radius 1 is 1.00 bits per heavy atom. The molecule has 0 heterocycles. The predicted octanol–water partition coefficient (Wildman–Crippen LogP) is 2.96. The van der Waals surface area contributed by atoms with Crippen LogP contribution >= 0.6 is 0 Å². The van der Waals surface area contributed by atoms with Crippen molar-refractivity contribution in [3.8, 4) is 0 Å². The summed E-state index contributed by atoms with van der Waals surface area (Å²) in [6, 6.07) is 11.9. The van der Waals surface area contributed by atoms with E-state index in [0.717, 1.165) is 16.7 Å². The average Bonchev–Trinajstić information content (AvgIpc) is 2.50. The molecule has 0 saturated heterocycles. The summed E-state index contributed by atoms with van der Waals surface area (Å²) < 4.78 is 28.9. The number of amides is 1. The summed E-state index contributed by atoms with van der Waals surface area (Å²) in [4.78, 5) is 12.0. The number of aryl methyl sites for hydroxylation is 3. The molecule has 2 aromatic carbocycles. The van der Waals surface area contributed by atoms with Crippen LogP contribution in [0.2, 0.25) is 0 Å². The van der Waals surface area contributed by atoms with Crippen molar-refractivity contribution in [3.63, 3.8) is 0 Å². The van der Waals surface area contributed by atoms with E-state index in [1.807, 2.05) is 39.0 Å². The van der Waals surface area contributed by atoms with E-state index in [2.05, 4.69) is 5.32 Å². The minimum absolute atomic E-state index is 0.0305. The van der Waals surface area contributed by atoms with E-state index < -0.39 is 22.6 Å². The van der Waals surface area contributed by atoms with Gasteiger partial charge in [0, 0.05) is 5.69 Å². The molecule has 0 saturated carbocycles. The van der Waals surface area contributed by atoms with Crippen LogP contribution in [-0.4, -0.2) is 20.9 Å². The molecule has 0 aliphatic carbocycles. The van der Waals surface area contributed by atoms with Crippen LogP contribution in [0.5, 0.6) is 0 Å². The molecule has 0 aliphatic heterocycles. The molecule has 0 bridgehead atoms. The highest BCUT2D eigenvalue weighted by molar-refractivity contribution is 7.86. The van der Waals surface area contributed by atoms with E-state index in [0.29, 0.717) is 5.69 Å². The summed E-state index contributed by atoms with van der Waals surface area (Å²) >= 11 is 0. The topological polar surface area (TPSA) is 72.5 Å². The van der Waals surface area contributed by atoms with Crippen molar-refractivity contribution < 1.29 is 17.4 Å². The van der Waals surface area contributed by atoms with Gasteiger partial charge in [0.15, 0.2) is 0 Å². The lowest BCUT2D eigenvalue weighted by atomic mass is 10.1. The van der Waals surface area contributed by atoms with Crippen LogP contribution in [0.3, 0.4) is 0 Å². The number of rotatable bonds is 5. The number of hydrogen-bond acceptors (Lipinski definition) is 4. The first-order valence-corrected chi connectivity index (χ1v) is 8.52. The zero-order valence-corrected chi connectivity index (χ0v) is 14.1. The number of carbonyl (C=O) groups excluding carboxylic acids is 1. The van der Waals surface area contributed by atoms with Gasteiger partial charge in [0.05, 0.1) is 4.90 Å². The Labute approximate surface area is 136 Å². The van der Waals surface area contributed by atoms with Crippen LogP contribution in [-0.2, 0) is 19.1 Å². The second kappa shape index (κ2) is 6.93. The molecule has 0 atom stereocenters. The molecule has 1 amide bonds. The number of nitrogens with one attached hydrogen (secondary N) is 1. The van der Waals surface area contributed by atoms with E-state index in [4.69, 9.17) is 4.18 Å². The summed E-state index contributed by atoms with van der Waals surface area (Å²) in [5, 5.41) is 2.68. The maximum atomic E-state index is 12.0. The third kappa shape index (κ3) is 4.40. The lowest BCUT2D eigenvalue weighted by Gasteiger charge is -2.11. The Bertz CT molecular complexity index is 791. The van der Waals surface area contributed by atoms with Crippen molar-refractivity contribution in [2.45, 2.75) is 25.7 Å². The fourth-order valence-corrected chi connectivity index (χ4v) is 2.96. The maximum Gasteiger partial charge on any atom is 0.297 e. The van der Waals surface area contributed by atoms with Crippen LogP contribution in [0.4, 0.5) is 5.69 Å². The van der Waals surface area contributed by atoms with Gasteiger partial charge in [-0.05, 0) is 44.0 Å². The molecule has 0 aliphatic rings. The minimum atomic E-state index is -3.95. The zero-order chi connectivity index (χ0) is 17.0. The summed E-state index contributed by atoms with van der Waals surface area (Å²) in [6.45, 7) is 5.03. The lowest BCUT2D eigenvalue weighted by molar-refractivity contribution is -0.118. The van der Waals surface area contributed by atoms with Gasteiger partial charge in [0.2, 0.25) is 0 Å². The van der Waals surface area contributed by atoms with Gasteiger partial charge in [-0.3, -0.25) is 8.98 Å². The number of para-hydroxylation sites is 1. The zero-order valence-electron chi connectivity index (χ0n) is 13.3. The van der Waals surface area contributed by atoms with Crippen LogP contribution in [0.25, 0.3) is 0 Å². The summed E-state index contributed by atoms with van der Waals surface area (Å²) in [6.07, 6.45) is 0. The van der Waals surface area contributed by atoms with Crippen molar-refractivity contribution in [3.05, 3.63) is 59.2 Å². The summed E-state index contributed by atoms with van der Waals surface area (Å²) in [5.74, 6) is -0.516. The number of anilines is 1. The Kier molecular flexibility index (Phi) is 5.18. The molecule has 6 heteroatoms. The van der Waals surface area contributed by atoms with E-state index in [1.54, 1.807) is 12.1 Å². The van der Waals surface area contributed by atoms with Gasteiger partial charge in [0.25, 0.3) is 16.0 Å². The van der Waals surface area contributed by atoms with Gasteiger partial charge in [-0.15, -0.1) is 0 Å². The molecule has 0 radical (unpaired) electrons. The molecule has 122 valence electrons. The standard InChI is InChI=1S/C17H19NO4S/c1-12-7-9-15(10-8-12)23(20,21)22-11-16(19)18-17-13(2)5-4-6-14(17)3/h4-10H,11H2,1-3H3,(H,18,19). The van der Waals surface area contributed by atoms with Gasteiger partial charge in [-0.2, -0.15) is 8.42 Å². The van der Waals surface area contributed by atoms with Crippen LogP contribution in [0.1, 0.15) is 16.7 Å². The first kappa shape index (κ1) is 17.2. The number of benzene rings is 2. The average molecular weight is 333 g/mol. The smallest absolute Gasteiger partial charge is 0.297 e. The van der Waals surface area contributed by atoms with Gasteiger partial charge in [-0.1, -0.05) is 35.9 Å². The van der Waals surface area contributed by atoms with E-state index in [-0.39, 0.29) is 4.90 Å². The van der Waals surface area contributed by atoms with Crippen molar-refractivity contribution in [1.82, 2.24) is 0 Å². The highest BCUT2D eigenvalue weighted by Gasteiger charge is 2.17. The Hall–Kier alpha value is -2.18. The maximum absolute atomic E-state index is 12.0. The Morgan fingerprint density at radius 3 is 2.13 bits per heavy atom. The predicted molar refractivity (Wildman–Crippen MR) is 88.9 cm³/mol. The van der Waals surface area contributed by atoms with Crippen LogP contribution in [0.15, 0.2) is 47.4 Å². The molecule has 2 aromatic rings. The molecular weight excluding hydrogens is 314 g/mol. The molecule has 0 spiro atoms. The first-order valence-electron chi connectivity index (χ1n) is 7.12. The highest BCUT2D eigenvalue weighted by atomic mass is 32.2. The normalized spacial score (nSPS) is 11.3. The van der Waals surface area contributed by atoms with Gasteiger partial charge in [-0.25, -0.2) is 0 Å². The largest absolute Gasteiger partial charge is 0.324 e. The highest BCUT2D eigenvalue weighted by Crippen LogP contribution is 2.19. The SMILES string of the molecule is Cc1ccc(S(=O)(=O)OCC(=O)Nc2c(C)cccc2C)cc1. The summed E-state index contributed by atoms with van der Waals surface area (Å²) in [5.41, 5.74) is 3.42. The van der Waals surface area contributed by atoms with Crippen molar-refractivity contribution in [2.75, 3.05) is 11.9 Å². The van der Waals surface area contributed by atoms with Crippen LogP contribution in [0, 0.1) is 20.8 Å². The molecule has 0 fully saturated rings.